The standard InChI is InChI=1S/C14H13BrN2O2/c15-10-4-1-3-9-6-7-12(16-13(9)10)17-8-2-5-11(17)14(18)19/h1,3-4,6-7,11H,2,5,8H2,(H,18,19). The van der Waals surface area contributed by atoms with Gasteiger partial charge >= 0.3 is 5.97 Å². The zero-order valence-corrected chi connectivity index (χ0v) is 11.8. The quantitative estimate of drug-likeness (QED) is 0.924. The van der Waals surface area contributed by atoms with Crippen molar-refractivity contribution in [2.24, 2.45) is 0 Å². The van der Waals surface area contributed by atoms with E-state index in [0.29, 0.717) is 6.42 Å². The highest BCUT2D eigenvalue weighted by molar-refractivity contribution is 9.10. The van der Waals surface area contributed by atoms with Crippen LogP contribution in [0.1, 0.15) is 12.8 Å². The maximum Gasteiger partial charge on any atom is 0.326 e. The van der Waals surface area contributed by atoms with Crippen LogP contribution < -0.4 is 4.90 Å². The number of hydrogen-bond donors (Lipinski definition) is 1. The number of nitrogens with zero attached hydrogens (tertiary/aromatic N) is 2. The Hall–Kier alpha value is -1.62. The highest BCUT2D eigenvalue weighted by atomic mass is 79.9. The molecule has 1 aromatic carbocycles. The fourth-order valence-corrected chi connectivity index (χ4v) is 3.03. The molecule has 4 nitrogen and oxygen atoms in total. The molecule has 0 radical (unpaired) electrons. The molecular formula is C14H13BrN2O2. The van der Waals surface area contributed by atoms with Crippen LogP contribution in [0.2, 0.25) is 0 Å². The van der Waals surface area contributed by atoms with E-state index >= 15 is 0 Å². The number of halogens is 1. The van der Waals surface area contributed by atoms with Gasteiger partial charge in [0.25, 0.3) is 0 Å². The highest BCUT2D eigenvalue weighted by Crippen LogP contribution is 2.28. The van der Waals surface area contributed by atoms with Gasteiger partial charge in [0.05, 0.1) is 5.52 Å². The SMILES string of the molecule is O=C(O)C1CCCN1c1ccc2cccc(Br)c2n1. The summed E-state index contributed by atoms with van der Waals surface area (Å²) in [4.78, 5) is 17.7. The monoisotopic (exact) mass is 320 g/mol. The molecule has 2 heterocycles. The van der Waals surface area contributed by atoms with Crippen LogP contribution in [0.4, 0.5) is 5.82 Å². The summed E-state index contributed by atoms with van der Waals surface area (Å²) in [5.41, 5.74) is 0.871. The molecule has 1 N–H and O–H groups in total. The van der Waals surface area contributed by atoms with Crippen LogP contribution >= 0.6 is 15.9 Å². The summed E-state index contributed by atoms with van der Waals surface area (Å²) in [6.45, 7) is 0.750. The predicted molar refractivity (Wildman–Crippen MR) is 77.4 cm³/mol. The number of carbonyl (C=O) groups is 1. The minimum absolute atomic E-state index is 0.451. The second kappa shape index (κ2) is 4.81. The summed E-state index contributed by atoms with van der Waals surface area (Å²) in [6, 6.07) is 9.33. The average Bonchev–Trinajstić information content (AvgIpc) is 2.88. The van der Waals surface area contributed by atoms with Crippen LogP contribution in [0.15, 0.2) is 34.8 Å². The molecule has 3 rings (SSSR count). The molecule has 1 saturated heterocycles. The molecule has 0 spiro atoms. The average molecular weight is 321 g/mol. The van der Waals surface area contributed by atoms with E-state index in [0.717, 1.165) is 34.2 Å². The van der Waals surface area contributed by atoms with Gasteiger partial charge in [0.1, 0.15) is 11.9 Å². The van der Waals surface area contributed by atoms with Crippen molar-refractivity contribution >= 4 is 38.6 Å². The summed E-state index contributed by atoms with van der Waals surface area (Å²) < 4.78 is 0.929. The lowest BCUT2D eigenvalue weighted by atomic mass is 10.2. The van der Waals surface area contributed by atoms with Crippen molar-refractivity contribution in [3.05, 3.63) is 34.8 Å². The molecule has 98 valence electrons. The van der Waals surface area contributed by atoms with E-state index in [-0.39, 0.29) is 0 Å². The number of benzene rings is 1. The van der Waals surface area contributed by atoms with Gasteiger partial charge in [-0.25, -0.2) is 9.78 Å². The van der Waals surface area contributed by atoms with E-state index in [1.165, 1.54) is 0 Å². The molecule has 0 saturated carbocycles. The van der Waals surface area contributed by atoms with E-state index in [4.69, 9.17) is 0 Å². The van der Waals surface area contributed by atoms with Gasteiger partial charge in [-0.1, -0.05) is 12.1 Å². The molecule has 0 bridgehead atoms. The Morgan fingerprint density at radius 2 is 2.21 bits per heavy atom. The first-order valence-corrected chi connectivity index (χ1v) is 7.01. The molecule has 1 aromatic heterocycles. The van der Waals surface area contributed by atoms with Crippen molar-refractivity contribution in [3.63, 3.8) is 0 Å². The molecule has 1 aliphatic heterocycles. The number of hydrogen-bond acceptors (Lipinski definition) is 3. The molecule has 0 amide bonds. The number of fused-ring (bicyclic) bond motifs is 1. The van der Waals surface area contributed by atoms with E-state index in [2.05, 4.69) is 20.9 Å². The molecular weight excluding hydrogens is 308 g/mol. The first-order valence-electron chi connectivity index (χ1n) is 6.21. The van der Waals surface area contributed by atoms with Crippen molar-refractivity contribution in [2.45, 2.75) is 18.9 Å². The third kappa shape index (κ3) is 2.18. The van der Waals surface area contributed by atoms with Gasteiger partial charge in [-0.15, -0.1) is 0 Å². The van der Waals surface area contributed by atoms with Crippen molar-refractivity contribution in [2.75, 3.05) is 11.4 Å². The maximum atomic E-state index is 11.2. The van der Waals surface area contributed by atoms with Gasteiger partial charge in [-0.3, -0.25) is 0 Å². The fraction of sp³-hybridized carbons (Fsp3) is 0.286. The minimum atomic E-state index is -0.772. The number of aromatic nitrogens is 1. The van der Waals surface area contributed by atoms with Gasteiger partial charge < -0.3 is 10.0 Å². The van der Waals surface area contributed by atoms with Gasteiger partial charge in [-0.2, -0.15) is 0 Å². The number of rotatable bonds is 2. The highest BCUT2D eigenvalue weighted by Gasteiger charge is 2.31. The summed E-state index contributed by atoms with van der Waals surface area (Å²) >= 11 is 3.49. The van der Waals surface area contributed by atoms with Gasteiger partial charge in [0.2, 0.25) is 0 Å². The Kier molecular flexibility index (Phi) is 3.14. The summed E-state index contributed by atoms with van der Waals surface area (Å²) in [7, 11) is 0. The second-order valence-electron chi connectivity index (χ2n) is 4.67. The number of pyridine rings is 1. The van der Waals surface area contributed by atoms with E-state index in [1.54, 1.807) is 0 Å². The summed E-state index contributed by atoms with van der Waals surface area (Å²) in [6.07, 6.45) is 1.58. The molecule has 1 aliphatic rings. The van der Waals surface area contributed by atoms with E-state index in [1.807, 2.05) is 35.2 Å². The Balaban J connectivity index is 2.06. The largest absolute Gasteiger partial charge is 0.480 e. The number of carboxylic acid groups (broad SMARTS) is 1. The van der Waals surface area contributed by atoms with Crippen LogP contribution in [0.5, 0.6) is 0 Å². The molecule has 0 aliphatic carbocycles. The predicted octanol–water partition coefficient (Wildman–Crippen LogP) is 3.05. The van der Waals surface area contributed by atoms with Crippen molar-refractivity contribution in [1.82, 2.24) is 4.98 Å². The lowest BCUT2D eigenvalue weighted by Gasteiger charge is -2.22. The zero-order chi connectivity index (χ0) is 13.4. The zero-order valence-electron chi connectivity index (χ0n) is 10.2. The van der Waals surface area contributed by atoms with Crippen LogP contribution in [-0.4, -0.2) is 28.6 Å². The Bertz CT molecular complexity index is 644. The maximum absolute atomic E-state index is 11.2. The van der Waals surface area contributed by atoms with Crippen LogP contribution in [0, 0.1) is 0 Å². The second-order valence-corrected chi connectivity index (χ2v) is 5.53. The topological polar surface area (TPSA) is 53.4 Å². The van der Waals surface area contributed by atoms with Gasteiger partial charge in [0, 0.05) is 16.4 Å². The molecule has 2 aromatic rings. The Morgan fingerprint density at radius 1 is 1.37 bits per heavy atom. The molecule has 19 heavy (non-hydrogen) atoms. The lowest BCUT2D eigenvalue weighted by molar-refractivity contribution is -0.138. The first kappa shape index (κ1) is 12.4. The number of aliphatic carboxylic acids is 1. The molecule has 5 heteroatoms. The fourth-order valence-electron chi connectivity index (χ4n) is 2.56. The van der Waals surface area contributed by atoms with Crippen molar-refractivity contribution in [1.29, 1.82) is 0 Å². The summed E-state index contributed by atoms with van der Waals surface area (Å²) in [5, 5.41) is 10.3. The lowest BCUT2D eigenvalue weighted by Crippen LogP contribution is -2.36. The normalized spacial score (nSPS) is 19.0. The van der Waals surface area contributed by atoms with Crippen molar-refractivity contribution < 1.29 is 9.90 Å². The minimum Gasteiger partial charge on any atom is -0.480 e. The molecule has 1 atom stereocenters. The third-order valence-corrected chi connectivity index (χ3v) is 4.13. The van der Waals surface area contributed by atoms with Gasteiger partial charge in [0.15, 0.2) is 0 Å². The smallest absolute Gasteiger partial charge is 0.326 e. The molecule has 1 fully saturated rings. The van der Waals surface area contributed by atoms with Crippen LogP contribution in [-0.2, 0) is 4.79 Å². The van der Waals surface area contributed by atoms with Crippen LogP contribution in [0.25, 0.3) is 10.9 Å². The first-order chi connectivity index (χ1) is 9.16. The van der Waals surface area contributed by atoms with Gasteiger partial charge in [-0.05, 0) is 47.0 Å². The Labute approximate surface area is 119 Å². The number of para-hydroxylation sites is 1. The number of anilines is 1. The third-order valence-electron chi connectivity index (χ3n) is 3.49. The van der Waals surface area contributed by atoms with E-state index in [9.17, 15) is 9.90 Å². The number of carboxylic acids is 1. The van der Waals surface area contributed by atoms with Crippen LogP contribution in [0.3, 0.4) is 0 Å². The molecule has 1 unspecified atom stereocenters. The van der Waals surface area contributed by atoms with E-state index < -0.39 is 12.0 Å². The van der Waals surface area contributed by atoms with Crippen molar-refractivity contribution in [3.8, 4) is 0 Å². The Morgan fingerprint density at radius 3 is 3.00 bits per heavy atom. The summed E-state index contributed by atoms with van der Waals surface area (Å²) in [5.74, 6) is -0.0316.